The summed E-state index contributed by atoms with van der Waals surface area (Å²) in [7, 11) is 0. The highest BCUT2D eigenvalue weighted by Crippen LogP contribution is 2.30. The Kier molecular flexibility index (Phi) is 8.26. The molecule has 0 radical (unpaired) electrons. The van der Waals surface area contributed by atoms with Gasteiger partial charge in [0.1, 0.15) is 0 Å². The van der Waals surface area contributed by atoms with Crippen molar-refractivity contribution in [3.05, 3.63) is 21.9 Å². The van der Waals surface area contributed by atoms with Crippen LogP contribution in [-0.2, 0) is 9.57 Å². The molecule has 5 heteroatoms. The number of unbranched alkanes of at least 4 members (excludes halogenated alkanes) is 1. The van der Waals surface area contributed by atoms with E-state index in [2.05, 4.69) is 13.8 Å². The van der Waals surface area contributed by atoms with E-state index in [1.807, 2.05) is 6.08 Å². The number of hydrogen-bond acceptors (Lipinski definition) is 4. The van der Waals surface area contributed by atoms with Crippen LogP contribution >= 0.6 is 0 Å². The lowest BCUT2D eigenvalue weighted by Crippen LogP contribution is -2.27. The fraction of sp³-hybridized carbons (Fsp3) is 0.867. The van der Waals surface area contributed by atoms with Gasteiger partial charge in [-0.25, -0.2) is 0 Å². The highest BCUT2D eigenvalue weighted by molar-refractivity contribution is 5.00. The summed E-state index contributed by atoms with van der Waals surface area (Å²) in [4.78, 5) is 15.3. The van der Waals surface area contributed by atoms with Gasteiger partial charge in [-0.2, -0.15) is 0 Å². The maximum absolute atomic E-state index is 10.6. The minimum absolute atomic E-state index is 0.190. The fourth-order valence-corrected chi connectivity index (χ4v) is 2.64. The molecule has 0 aromatic carbocycles. The molecule has 0 bridgehead atoms. The third-order valence-corrected chi connectivity index (χ3v) is 3.66. The van der Waals surface area contributed by atoms with Gasteiger partial charge in [-0.1, -0.05) is 39.2 Å². The predicted octanol–water partition coefficient (Wildman–Crippen LogP) is 4.25. The SMILES string of the molecule is CCCC/C(=C/[C@@H]1CCCC[C@H]1OCCC)O[N+](=O)[O-]. The Balaban J connectivity index is 2.67. The Morgan fingerprint density at radius 1 is 1.30 bits per heavy atom. The first-order valence-corrected chi connectivity index (χ1v) is 7.82. The van der Waals surface area contributed by atoms with Crippen LogP contribution in [-0.4, -0.2) is 17.8 Å². The molecule has 0 saturated heterocycles. The monoisotopic (exact) mass is 285 g/mol. The summed E-state index contributed by atoms with van der Waals surface area (Å²) in [6.45, 7) is 4.92. The van der Waals surface area contributed by atoms with Crippen LogP contribution in [0.2, 0.25) is 0 Å². The molecule has 1 aliphatic rings. The Labute approximate surface area is 121 Å². The fourth-order valence-electron chi connectivity index (χ4n) is 2.64. The van der Waals surface area contributed by atoms with Crippen LogP contribution in [0.15, 0.2) is 11.8 Å². The van der Waals surface area contributed by atoms with E-state index in [-0.39, 0.29) is 12.0 Å². The lowest BCUT2D eigenvalue weighted by Gasteiger charge is -2.30. The molecule has 0 heterocycles. The van der Waals surface area contributed by atoms with Crippen LogP contribution in [0, 0.1) is 16.0 Å². The molecule has 0 amide bonds. The summed E-state index contributed by atoms with van der Waals surface area (Å²) >= 11 is 0. The summed E-state index contributed by atoms with van der Waals surface area (Å²) in [6, 6.07) is 0. The van der Waals surface area contributed by atoms with E-state index in [0.717, 1.165) is 45.1 Å². The average molecular weight is 285 g/mol. The maximum atomic E-state index is 10.6. The molecule has 1 rings (SSSR count). The predicted molar refractivity (Wildman–Crippen MR) is 77.7 cm³/mol. The second-order valence-corrected chi connectivity index (χ2v) is 5.41. The number of allylic oxidation sites excluding steroid dienone is 1. The molecular weight excluding hydrogens is 258 g/mol. The van der Waals surface area contributed by atoms with Crippen LogP contribution < -0.4 is 0 Å². The van der Waals surface area contributed by atoms with Gasteiger partial charge in [-0.3, -0.25) is 4.84 Å². The highest BCUT2D eigenvalue weighted by Gasteiger charge is 2.24. The van der Waals surface area contributed by atoms with E-state index in [9.17, 15) is 10.1 Å². The van der Waals surface area contributed by atoms with Crippen molar-refractivity contribution >= 4 is 0 Å². The van der Waals surface area contributed by atoms with Gasteiger partial charge >= 0.3 is 0 Å². The maximum Gasteiger partial charge on any atom is 0.299 e. The van der Waals surface area contributed by atoms with Crippen LogP contribution in [0.1, 0.15) is 65.2 Å². The minimum atomic E-state index is -0.702. The van der Waals surface area contributed by atoms with Crippen molar-refractivity contribution in [2.45, 2.75) is 71.3 Å². The average Bonchev–Trinajstić information content (AvgIpc) is 2.43. The largest absolute Gasteiger partial charge is 0.378 e. The zero-order valence-electron chi connectivity index (χ0n) is 12.7. The zero-order valence-corrected chi connectivity index (χ0v) is 12.7. The van der Waals surface area contributed by atoms with Crippen LogP contribution in [0.3, 0.4) is 0 Å². The summed E-state index contributed by atoms with van der Waals surface area (Å²) in [5.74, 6) is 0.746. The second-order valence-electron chi connectivity index (χ2n) is 5.41. The van der Waals surface area contributed by atoms with Crippen molar-refractivity contribution in [2.75, 3.05) is 6.61 Å². The first-order chi connectivity index (χ1) is 9.67. The number of rotatable bonds is 9. The first kappa shape index (κ1) is 17.0. The number of hydrogen-bond donors (Lipinski definition) is 0. The van der Waals surface area contributed by atoms with Gasteiger partial charge in [0.25, 0.3) is 5.09 Å². The quantitative estimate of drug-likeness (QED) is 0.361. The van der Waals surface area contributed by atoms with E-state index in [0.29, 0.717) is 12.2 Å². The van der Waals surface area contributed by atoms with E-state index >= 15 is 0 Å². The van der Waals surface area contributed by atoms with Crippen molar-refractivity contribution in [1.82, 2.24) is 0 Å². The summed E-state index contributed by atoms with van der Waals surface area (Å²) in [6.07, 6.45) is 10.1. The third-order valence-electron chi connectivity index (χ3n) is 3.66. The molecule has 1 fully saturated rings. The Morgan fingerprint density at radius 2 is 2.05 bits per heavy atom. The Bertz CT molecular complexity index is 317. The minimum Gasteiger partial charge on any atom is -0.378 e. The molecule has 5 nitrogen and oxygen atoms in total. The first-order valence-electron chi connectivity index (χ1n) is 7.82. The molecule has 2 atom stereocenters. The van der Waals surface area contributed by atoms with Gasteiger partial charge in [-0.15, -0.1) is 10.1 Å². The molecule has 0 N–H and O–H groups in total. The Hall–Kier alpha value is -1.10. The molecule has 0 aliphatic heterocycles. The van der Waals surface area contributed by atoms with Gasteiger partial charge in [-0.05, 0) is 32.1 Å². The summed E-state index contributed by atoms with van der Waals surface area (Å²) in [5, 5.41) is 9.88. The number of ether oxygens (including phenoxy) is 1. The highest BCUT2D eigenvalue weighted by atomic mass is 17.0. The van der Waals surface area contributed by atoms with E-state index in [1.54, 1.807) is 0 Å². The van der Waals surface area contributed by atoms with Gasteiger partial charge in [0, 0.05) is 12.5 Å². The normalized spacial score (nSPS) is 23.6. The zero-order chi connectivity index (χ0) is 14.8. The van der Waals surface area contributed by atoms with Crippen molar-refractivity contribution in [1.29, 1.82) is 0 Å². The molecule has 0 unspecified atom stereocenters. The molecule has 0 spiro atoms. The Morgan fingerprint density at radius 3 is 2.70 bits per heavy atom. The van der Waals surface area contributed by atoms with Crippen LogP contribution in [0.4, 0.5) is 0 Å². The third kappa shape index (κ3) is 6.37. The van der Waals surface area contributed by atoms with E-state index in [1.165, 1.54) is 6.42 Å². The molecule has 1 aliphatic carbocycles. The number of nitrogens with zero attached hydrogens (tertiary/aromatic N) is 1. The molecular formula is C15H27NO4. The molecule has 116 valence electrons. The lowest BCUT2D eigenvalue weighted by atomic mass is 9.85. The molecule has 20 heavy (non-hydrogen) atoms. The van der Waals surface area contributed by atoms with Crippen LogP contribution in [0.25, 0.3) is 0 Å². The van der Waals surface area contributed by atoms with Crippen molar-refractivity contribution < 1.29 is 14.7 Å². The van der Waals surface area contributed by atoms with Gasteiger partial charge in [0.2, 0.25) is 0 Å². The summed E-state index contributed by atoms with van der Waals surface area (Å²) in [5.41, 5.74) is 0. The van der Waals surface area contributed by atoms with E-state index in [4.69, 9.17) is 9.57 Å². The lowest BCUT2D eigenvalue weighted by molar-refractivity contribution is -0.743. The second kappa shape index (κ2) is 9.75. The van der Waals surface area contributed by atoms with Crippen LogP contribution in [0.5, 0.6) is 0 Å². The van der Waals surface area contributed by atoms with Crippen molar-refractivity contribution in [3.63, 3.8) is 0 Å². The van der Waals surface area contributed by atoms with Gasteiger partial charge < -0.3 is 4.74 Å². The molecule has 0 aromatic heterocycles. The van der Waals surface area contributed by atoms with Gasteiger partial charge in [0.15, 0.2) is 0 Å². The molecule has 1 saturated carbocycles. The van der Waals surface area contributed by atoms with E-state index < -0.39 is 5.09 Å². The van der Waals surface area contributed by atoms with Crippen molar-refractivity contribution in [2.24, 2.45) is 5.92 Å². The smallest absolute Gasteiger partial charge is 0.299 e. The topological polar surface area (TPSA) is 61.6 Å². The van der Waals surface area contributed by atoms with Crippen molar-refractivity contribution in [3.8, 4) is 0 Å². The van der Waals surface area contributed by atoms with Gasteiger partial charge in [0.05, 0.1) is 11.9 Å². The summed E-state index contributed by atoms with van der Waals surface area (Å²) < 4.78 is 5.89. The molecule has 0 aromatic rings. The standard InChI is InChI=1S/C15H27NO4/c1-3-5-9-14(20-16(17)18)12-13-8-6-7-10-15(13)19-11-4-2/h12-13,15H,3-11H2,1-2H3/b14-12-/t13-,15+/m0/s1.